The van der Waals surface area contributed by atoms with E-state index in [0.717, 1.165) is 22.4 Å². The third-order valence-electron chi connectivity index (χ3n) is 4.80. The fraction of sp³-hybridized carbons (Fsp3) is 0. The van der Waals surface area contributed by atoms with Crippen LogP contribution in [0.25, 0.3) is 45.1 Å². The van der Waals surface area contributed by atoms with Crippen molar-refractivity contribution >= 4 is 33.7 Å². The Balaban J connectivity index is 1.58. The molecule has 0 radical (unpaired) electrons. The summed E-state index contributed by atoms with van der Waals surface area (Å²) in [6, 6.07) is 14.8. The Kier molecular flexibility index (Phi) is 3.50. The van der Waals surface area contributed by atoms with E-state index in [9.17, 15) is 0 Å². The largest absolute Gasteiger partial charge is 0.384 e. The fourth-order valence-corrected chi connectivity index (χ4v) is 3.43. The Morgan fingerprint density at radius 2 is 1.10 bits per heavy atom. The van der Waals surface area contributed by atoms with Gasteiger partial charge in [0.05, 0.1) is 33.5 Å². The fourth-order valence-electron chi connectivity index (χ4n) is 3.43. The van der Waals surface area contributed by atoms with Gasteiger partial charge < -0.3 is 26.4 Å². The third kappa shape index (κ3) is 2.64. The van der Waals surface area contributed by atoms with Crippen LogP contribution in [0.5, 0.6) is 0 Å². The maximum Gasteiger partial charge on any atom is 0.155 e. The standard InChI is InChI=1S/C20H17N9/c21-17(22)9-3-1-5-11-15(9)28-19(26-11)13-7-8-14(25-13)20-27-12-6-2-4-10(18(23)24)16(12)29-20/h1-8,25H,(H3,21,22)(H3,23,24)(H,26,28)(H,27,29). The van der Waals surface area contributed by atoms with E-state index in [0.29, 0.717) is 33.8 Å². The van der Waals surface area contributed by atoms with Crippen molar-refractivity contribution < 1.29 is 0 Å². The summed E-state index contributed by atoms with van der Waals surface area (Å²) in [6.45, 7) is 0. The van der Waals surface area contributed by atoms with E-state index in [4.69, 9.17) is 22.3 Å². The van der Waals surface area contributed by atoms with Crippen molar-refractivity contribution in [1.29, 1.82) is 10.8 Å². The van der Waals surface area contributed by atoms with Crippen molar-refractivity contribution in [3.05, 3.63) is 59.7 Å². The minimum absolute atomic E-state index is 0.0237. The monoisotopic (exact) mass is 383 g/mol. The minimum atomic E-state index is -0.0237. The second-order valence-electron chi connectivity index (χ2n) is 6.69. The molecular formula is C20H17N9. The van der Waals surface area contributed by atoms with Crippen molar-refractivity contribution in [3.8, 4) is 23.0 Å². The summed E-state index contributed by atoms with van der Waals surface area (Å²) >= 11 is 0. The van der Waals surface area contributed by atoms with Crippen molar-refractivity contribution in [3.63, 3.8) is 0 Å². The summed E-state index contributed by atoms with van der Waals surface area (Å²) in [4.78, 5) is 19.0. The van der Waals surface area contributed by atoms with Crippen LogP contribution >= 0.6 is 0 Å². The highest BCUT2D eigenvalue weighted by atomic mass is 15.0. The zero-order chi connectivity index (χ0) is 20.1. The summed E-state index contributed by atoms with van der Waals surface area (Å²) in [5.74, 6) is 1.23. The second kappa shape index (κ2) is 6.06. The lowest BCUT2D eigenvalue weighted by molar-refractivity contribution is 1.24. The molecule has 29 heavy (non-hydrogen) atoms. The van der Waals surface area contributed by atoms with Crippen LogP contribution in [0.1, 0.15) is 11.1 Å². The molecule has 0 unspecified atom stereocenters. The summed E-state index contributed by atoms with van der Waals surface area (Å²) in [7, 11) is 0. The van der Waals surface area contributed by atoms with Gasteiger partial charge in [-0.05, 0) is 36.4 Å². The lowest BCUT2D eigenvalue weighted by Gasteiger charge is -1.97. The van der Waals surface area contributed by atoms with Gasteiger partial charge in [0.1, 0.15) is 11.7 Å². The van der Waals surface area contributed by atoms with Gasteiger partial charge in [-0.25, -0.2) is 9.97 Å². The van der Waals surface area contributed by atoms with Crippen molar-refractivity contribution in [1.82, 2.24) is 24.9 Å². The molecule has 5 aromatic rings. The number of fused-ring (bicyclic) bond motifs is 2. The number of hydrogen-bond donors (Lipinski definition) is 7. The first-order chi connectivity index (χ1) is 14.0. The van der Waals surface area contributed by atoms with Gasteiger partial charge in [0.2, 0.25) is 0 Å². The predicted molar refractivity (Wildman–Crippen MR) is 113 cm³/mol. The first-order valence-electron chi connectivity index (χ1n) is 8.87. The molecule has 9 nitrogen and oxygen atoms in total. The van der Waals surface area contributed by atoms with Gasteiger partial charge in [0.15, 0.2) is 11.6 Å². The first kappa shape index (κ1) is 16.8. The van der Waals surface area contributed by atoms with Gasteiger partial charge in [-0.3, -0.25) is 10.8 Å². The molecule has 0 aliphatic heterocycles. The molecule has 2 aromatic carbocycles. The molecule has 3 heterocycles. The molecule has 5 rings (SSSR count). The number of amidine groups is 2. The number of rotatable bonds is 4. The zero-order valence-corrected chi connectivity index (χ0v) is 15.2. The Hall–Kier alpha value is -4.40. The minimum Gasteiger partial charge on any atom is -0.384 e. The van der Waals surface area contributed by atoms with Crippen LogP contribution in [0.15, 0.2) is 48.5 Å². The molecule has 0 atom stereocenters. The van der Waals surface area contributed by atoms with Crippen molar-refractivity contribution in [2.24, 2.45) is 11.5 Å². The molecule has 3 aromatic heterocycles. The van der Waals surface area contributed by atoms with Crippen LogP contribution in [-0.4, -0.2) is 36.6 Å². The number of nitrogens with two attached hydrogens (primary N) is 2. The van der Waals surface area contributed by atoms with Crippen LogP contribution < -0.4 is 11.5 Å². The molecule has 0 aliphatic rings. The Morgan fingerprint density at radius 1 is 0.655 bits per heavy atom. The number of H-pyrrole nitrogens is 3. The van der Waals surface area contributed by atoms with Gasteiger partial charge in [-0.1, -0.05) is 12.1 Å². The van der Waals surface area contributed by atoms with E-state index in [2.05, 4.69) is 24.9 Å². The van der Waals surface area contributed by atoms with Gasteiger partial charge in [-0.2, -0.15) is 0 Å². The normalized spacial score (nSPS) is 11.3. The molecule has 9 N–H and O–H groups in total. The van der Waals surface area contributed by atoms with Crippen LogP contribution in [0.4, 0.5) is 0 Å². The maximum absolute atomic E-state index is 7.73. The van der Waals surface area contributed by atoms with E-state index >= 15 is 0 Å². The summed E-state index contributed by atoms with van der Waals surface area (Å²) < 4.78 is 0. The van der Waals surface area contributed by atoms with E-state index in [1.54, 1.807) is 12.1 Å². The third-order valence-corrected chi connectivity index (χ3v) is 4.80. The number of hydrogen-bond acceptors (Lipinski definition) is 4. The quantitative estimate of drug-likeness (QED) is 0.187. The number of nitrogens with zero attached hydrogens (tertiary/aromatic N) is 2. The number of para-hydroxylation sites is 2. The topological polar surface area (TPSA) is 173 Å². The first-order valence-corrected chi connectivity index (χ1v) is 8.87. The number of aromatic amines is 3. The van der Waals surface area contributed by atoms with E-state index < -0.39 is 0 Å². The molecule has 0 fully saturated rings. The van der Waals surface area contributed by atoms with Crippen molar-refractivity contribution in [2.75, 3.05) is 0 Å². The smallest absolute Gasteiger partial charge is 0.155 e. The Labute approximate surface area is 164 Å². The lowest BCUT2D eigenvalue weighted by Crippen LogP contribution is -2.11. The number of nitrogens with one attached hydrogen (secondary N) is 5. The van der Waals surface area contributed by atoms with Crippen LogP contribution in [-0.2, 0) is 0 Å². The predicted octanol–water partition coefficient (Wildman–Crippen LogP) is 2.67. The molecule has 142 valence electrons. The second-order valence-corrected chi connectivity index (χ2v) is 6.69. The van der Waals surface area contributed by atoms with Crippen LogP contribution in [0.3, 0.4) is 0 Å². The van der Waals surface area contributed by atoms with E-state index in [1.807, 2.05) is 36.4 Å². The highest BCUT2D eigenvalue weighted by Gasteiger charge is 2.15. The van der Waals surface area contributed by atoms with E-state index in [1.165, 1.54) is 0 Å². The van der Waals surface area contributed by atoms with Crippen molar-refractivity contribution in [2.45, 2.75) is 0 Å². The highest BCUT2D eigenvalue weighted by Crippen LogP contribution is 2.26. The van der Waals surface area contributed by atoms with Gasteiger partial charge in [0, 0.05) is 11.1 Å². The zero-order valence-electron chi connectivity index (χ0n) is 15.2. The number of aromatic nitrogens is 5. The van der Waals surface area contributed by atoms with Gasteiger partial charge in [-0.15, -0.1) is 0 Å². The van der Waals surface area contributed by atoms with Gasteiger partial charge >= 0.3 is 0 Å². The average molecular weight is 383 g/mol. The molecule has 9 heteroatoms. The average Bonchev–Trinajstić information content (AvgIpc) is 3.42. The van der Waals surface area contributed by atoms with Crippen LogP contribution in [0, 0.1) is 10.8 Å². The maximum atomic E-state index is 7.73. The molecule has 0 aliphatic carbocycles. The Bertz CT molecular complexity index is 1310. The number of nitrogen functional groups attached to an aromatic ring is 2. The van der Waals surface area contributed by atoms with E-state index in [-0.39, 0.29) is 11.7 Å². The van der Waals surface area contributed by atoms with Gasteiger partial charge in [0.25, 0.3) is 0 Å². The highest BCUT2D eigenvalue weighted by molar-refractivity contribution is 6.06. The summed E-state index contributed by atoms with van der Waals surface area (Å²) in [5.41, 5.74) is 17.0. The molecule has 0 bridgehead atoms. The number of benzene rings is 2. The lowest BCUT2D eigenvalue weighted by atomic mass is 10.2. The molecular weight excluding hydrogens is 366 g/mol. The molecule has 0 saturated heterocycles. The summed E-state index contributed by atoms with van der Waals surface area (Å²) in [5, 5.41) is 15.5. The number of imidazole rings is 2. The Morgan fingerprint density at radius 3 is 1.52 bits per heavy atom. The molecule has 0 saturated carbocycles. The van der Waals surface area contributed by atoms with Crippen LogP contribution in [0.2, 0.25) is 0 Å². The summed E-state index contributed by atoms with van der Waals surface area (Å²) in [6.07, 6.45) is 0. The molecule has 0 spiro atoms. The SMILES string of the molecule is N=C(N)c1cccc2[nH]c(-c3ccc(-c4nc5c(C(=N)N)cccc5[nH]4)[nH]3)nc12. The molecule has 0 amide bonds.